The minimum Gasteiger partial charge on any atom is -0.383 e. The molecular formula is C20H25N5. The van der Waals surface area contributed by atoms with E-state index >= 15 is 0 Å². The molecule has 25 heavy (non-hydrogen) atoms. The molecule has 2 aromatic heterocycles. The summed E-state index contributed by atoms with van der Waals surface area (Å²) in [6.07, 6.45) is 5.97. The van der Waals surface area contributed by atoms with Crippen LogP contribution in [0.5, 0.6) is 0 Å². The van der Waals surface area contributed by atoms with Crippen LogP contribution in [0.1, 0.15) is 44.2 Å². The molecule has 1 aromatic carbocycles. The lowest BCUT2D eigenvalue weighted by Crippen LogP contribution is -2.31. The van der Waals surface area contributed by atoms with Crippen LogP contribution >= 0.6 is 0 Å². The first-order valence-electron chi connectivity index (χ1n) is 9.00. The average molecular weight is 335 g/mol. The summed E-state index contributed by atoms with van der Waals surface area (Å²) in [7, 11) is 0. The quantitative estimate of drug-likeness (QED) is 0.761. The van der Waals surface area contributed by atoms with Crippen molar-refractivity contribution in [3.63, 3.8) is 0 Å². The lowest BCUT2D eigenvalue weighted by Gasteiger charge is -2.35. The predicted octanol–water partition coefficient (Wildman–Crippen LogP) is 3.71. The van der Waals surface area contributed by atoms with Gasteiger partial charge in [0, 0.05) is 17.8 Å². The van der Waals surface area contributed by atoms with Gasteiger partial charge < -0.3 is 16.0 Å². The van der Waals surface area contributed by atoms with Gasteiger partial charge in [0.15, 0.2) is 0 Å². The van der Waals surface area contributed by atoms with E-state index in [2.05, 4.69) is 58.8 Å². The molecular weight excluding hydrogens is 310 g/mol. The number of rotatable bonds is 4. The Labute approximate surface area is 148 Å². The molecule has 1 aliphatic carbocycles. The summed E-state index contributed by atoms with van der Waals surface area (Å²) in [5.74, 6) is 1.65. The van der Waals surface area contributed by atoms with E-state index in [-0.39, 0.29) is 0 Å². The number of hydrogen-bond donors (Lipinski definition) is 2. The SMILES string of the molecule is CC(C)c1cccc(-c2cn(C3CC(CN)C3)c3ncnc(N)c23)c1. The molecule has 1 saturated carbocycles. The Bertz CT molecular complexity index is 906. The molecule has 5 heteroatoms. The second-order valence-electron chi connectivity index (χ2n) is 7.41. The zero-order valence-electron chi connectivity index (χ0n) is 14.8. The summed E-state index contributed by atoms with van der Waals surface area (Å²) in [5, 5.41) is 0.958. The molecule has 3 aromatic rings. The number of fused-ring (bicyclic) bond motifs is 1. The van der Waals surface area contributed by atoms with Gasteiger partial charge in [0.2, 0.25) is 0 Å². The van der Waals surface area contributed by atoms with Crippen molar-refractivity contribution >= 4 is 16.9 Å². The van der Waals surface area contributed by atoms with Crippen LogP contribution in [0.15, 0.2) is 36.8 Å². The van der Waals surface area contributed by atoms with E-state index in [9.17, 15) is 0 Å². The van der Waals surface area contributed by atoms with Crippen molar-refractivity contribution in [3.05, 3.63) is 42.4 Å². The maximum atomic E-state index is 6.23. The first kappa shape index (κ1) is 16.1. The summed E-state index contributed by atoms with van der Waals surface area (Å²) in [5.41, 5.74) is 16.6. The van der Waals surface area contributed by atoms with Crippen molar-refractivity contribution in [2.24, 2.45) is 11.7 Å². The lowest BCUT2D eigenvalue weighted by molar-refractivity contribution is 0.209. The number of aromatic nitrogens is 3. The van der Waals surface area contributed by atoms with Gasteiger partial charge in [-0.25, -0.2) is 9.97 Å². The third-order valence-electron chi connectivity index (χ3n) is 5.44. The predicted molar refractivity (Wildman–Crippen MR) is 102 cm³/mol. The minimum absolute atomic E-state index is 0.451. The van der Waals surface area contributed by atoms with Crippen LogP contribution in [0, 0.1) is 5.92 Å². The van der Waals surface area contributed by atoms with Gasteiger partial charge >= 0.3 is 0 Å². The topological polar surface area (TPSA) is 82.8 Å². The molecule has 4 rings (SSSR count). The highest BCUT2D eigenvalue weighted by Crippen LogP contribution is 2.42. The molecule has 130 valence electrons. The van der Waals surface area contributed by atoms with Crippen molar-refractivity contribution in [2.75, 3.05) is 12.3 Å². The van der Waals surface area contributed by atoms with Crippen LogP contribution in [0.25, 0.3) is 22.2 Å². The van der Waals surface area contributed by atoms with Gasteiger partial charge in [0.1, 0.15) is 17.8 Å². The maximum Gasteiger partial charge on any atom is 0.146 e. The molecule has 1 fully saturated rings. The Morgan fingerprint density at radius 3 is 2.76 bits per heavy atom. The molecule has 2 heterocycles. The van der Waals surface area contributed by atoms with Gasteiger partial charge in [0.25, 0.3) is 0 Å². The van der Waals surface area contributed by atoms with Crippen molar-refractivity contribution in [3.8, 4) is 11.1 Å². The third kappa shape index (κ3) is 2.68. The number of nitrogen functional groups attached to an aromatic ring is 1. The average Bonchev–Trinajstić information content (AvgIpc) is 2.95. The number of nitrogens with zero attached hydrogens (tertiary/aromatic N) is 3. The maximum absolute atomic E-state index is 6.23. The highest BCUT2D eigenvalue weighted by atomic mass is 15.1. The van der Waals surface area contributed by atoms with Crippen molar-refractivity contribution in [1.82, 2.24) is 14.5 Å². The smallest absolute Gasteiger partial charge is 0.146 e. The molecule has 0 unspecified atom stereocenters. The van der Waals surface area contributed by atoms with E-state index in [0.717, 1.165) is 36.0 Å². The zero-order chi connectivity index (χ0) is 17.6. The van der Waals surface area contributed by atoms with E-state index in [1.165, 1.54) is 11.1 Å². The standard InChI is InChI=1S/C20H25N5/c1-12(2)14-4-3-5-15(8-14)17-10-25(16-6-13(7-16)9-21)20-18(17)19(22)23-11-24-20/h3-5,8,10-13,16H,6-7,9,21H2,1-2H3,(H2,22,23,24). The molecule has 4 N–H and O–H groups in total. The normalized spacial score (nSPS) is 20.2. The van der Waals surface area contributed by atoms with E-state index < -0.39 is 0 Å². The second kappa shape index (κ2) is 6.15. The zero-order valence-corrected chi connectivity index (χ0v) is 14.8. The van der Waals surface area contributed by atoms with Gasteiger partial charge in [-0.05, 0) is 42.3 Å². The van der Waals surface area contributed by atoms with Crippen LogP contribution in [-0.4, -0.2) is 21.1 Å². The van der Waals surface area contributed by atoms with E-state index in [1.54, 1.807) is 6.33 Å². The van der Waals surface area contributed by atoms with E-state index in [0.29, 0.717) is 23.7 Å². The first-order valence-corrected chi connectivity index (χ1v) is 9.00. The molecule has 0 spiro atoms. The number of benzene rings is 1. The Morgan fingerprint density at radius 2 is 2.04 bits per heavy atom. The van der Waals surface area contributed by atoms with Gasteiger partial charge in [-0.15, -0.1) is 0 Å². The van der Waals surface area contributed by atoms with Crippen molar-refractivity contribution in [1.29, 1.82) is 0 Å². The van der Waals surface area contributed by atoms with Crippen molar-refractivity contribution < 1.29 is 0 Å². The van der Waals surface area contributed by atoms with Crippen molar-refractivity contribution in [2.45, 2.75) is 38.6 Å². The Hall–Kier alpha value is -2.40. The molecule has 0 bridgehead atoms. The fourth-order valence-corrected chi connectivity index (χ4v) is 3.79. The van der Waals surface area contributed by atoms with Gasteiger partial charge in [-0.3, -0.25) is 0 Å². The second-order valence-corrected chi connectivity index (χ2v) is 7.41. The fraction of sp³-hybridized carbons (Fsp3) is 0.400. The molecule has 1 aliphatic rings. The van der Waals surface area contributed by atoms with Crippen LogP contribution in [-0.2, 0) is 0 Å². The van der Waals surface area contributed by atoms with Gasteiger partial charge in [-0.1, -0.05) is 38.1 Å². The summed E-state index contributed by atoms with van der Waals surface area (Å²) < 4.78 is 2.27. The van der Waals surface area contributed by atoms with Crippen LogP contribution in [0.2, 0.25) is 0 Å². The van der Waals surface area contributed by atoms with Crippen LogP contribution in [0.4, 0.5) is 5.82 Å². The number of anilines is 1. The number of nitrogens with two attached hydrogens (primary N) is 2. The van der Waals surface area contributed by atoms with E-state index in [4.69, 9.17) is 11.5 Å². The Balaban J connectivity index is 1.85. The fourth-order valence-electron chi connectivity index (χ4n) is 3.79. The summed E-state index contributed by atoms with van der Waals surface area (Å²) in [6.45, 7) is 5.18. The van der Waals surface area contributed by atoms with Gasteiger partial charge in [0.05, 0.1) is 5.39 Å². The monoisotopic (exact) mass is 335 g/mol. The summed E-state index contributed by atoms with van der Waals surface area (Å²) in [4.78, 5) is 8.77. The highest BCUT2D eigenvalue weighted by Gasteiger charge is 2.31. The molecule has 5 nitrogen and oxygen atoms in total. The first-order chi connectivity index (χ1) is 12.1. The van der Waals surface area contributed by atoms with Crippen LogP contribution < -0.4 is 11.5 Å². The lowest BCUT2D eigenvalue weighted by atomic mass is 9.80. The molecule has 0 amide bonds. The van der Waals surface area contributed by atoms with Gasteiger partial charge in [-0.2, -0.15) is 0 Å². The van der Waals surface area contributed by atoms with E-state index in [1.807, 2.05) is 0 Å². The largest absolute Gasteiger partial charge is 0.383 e. The molecule has 0 radical (unpaired) electrons. The molecule has 0 saturated heterocycles. The van der Waals surface area contributed by atoms with Crippen LogP contribution in [0.3, 0.4) is 0 Å². The molecule has 0 aliphatic heterocycles. The Kier molecular flexibility index (Phi) is 3.96. The highest BCUT2D eigenvalue weighted by molar-refractivity contribution is 6.00. The molecule has 0 atom stereocenters. The minimum atomic E-state index is 0.451. The number of hydrogen-bond acceptors (Lipinski definition) is 4. The Morgan fingerprint density at radius 1 is 1.24 bits per heavy atom. The summed E-state index contributed by atoms with van der Waals surface area (Å²) in [6, 6.07) is 9.13. The third-order valence-corrected chi connectivity index (χ3v) is 5.44. The summed E-state index contributed by atoms with van der Waals surface area (Å²) >= 11 is 0.